The fourth-order valence-electron chi connectivity index (χ4n) is 2.11. The van der Waals surface area contributed by atoms with Crippen LogP contribution in [0.25, 0.3) is 0 Å². The monoisotopic (exact) mass is 198 g/mol. The molecule has 0 aromatic heterocycles. The fourth-order valence-corrected chi connectivity index (χ4v) is 2.11. The lowest BCUT2D eigenvalue weighted by Crippen LogP contribution is -2.50. The summed E-state index contributed by atoms with van der Waals surface area (Å²) in [7, 11) is 0. The lowest BCUT2D eigenvalue weighted by Gasteiger charge is -2.37. The van der Waals surface area contributed by atoms with E-state index in [0.717, 1.165) is 19.2 Å². The van der Waals surface area contributed by atoms with Gasteiger partial charge in [-0.2, -0.15) is 0 Å². The highest BCUT2D eigenvalue weighted by atomic mass is 16.6. The number of epoxide rings is 1. The van der Waals surface area contributed by atoms with Crippen LogP contribution in [0.5, 0.6) is 0 Å². The molecule has 2 saturated heterocycles. The topological polar surface area (TPSA) is 19.0 Å². The SMILES string of the molecule is CCC(C)N1CCN(CC2CO2)CC1. The van der Waals surface area contributed by atoms with E-state index in [4.69, 9.17) is 4.74 Å². The second-order valence-electron chi connectivity index (χ2n) is 4.55. The molecule has 0 radical (unpaired) electrons. The molecule has 2 rings (SSSR count). The van der Waals surface area contributed by atoms with Gasteiger partial charge in [-0.05, 0) is 13.3 Å². The zero-order valence-corrected chi connectivity index (χ0v) is 9.41. The van der Waals surface area contributed by atoms with E-state index in [2.05, 4.69) is 23.6 Å². The van der Waals surface area contributed by atoms with Crippen molar-refractivity contribution in [2.45, 2.75) is 32.4 Å². The maximum atomic E-state index is 5.25. The number of ether oxygens (including phenoxy) is 1. The molecule has 0 bridgehead atoms. The number of piperazine rings is 1. The van der Waals surface area contributed by atoms with E-state index in [1.165, 1.54) is 32.6 Å². The largest absolute Gasteiger partial charge is 0.372 e. The van der Waals surface area contributed by atoms with Gasteiger partial charge in [0.1, 0.15) is 0 Å². The van der Waals surface area contributed by atoms with Crippen molar-refractivity contribution in [3.05, 3.63) is 0 Å². The van der Waals surface area contributed by atoms with E-state index in [1.54, 1.807) is 0 Å². The summed E-state index contributed by atoms with van der Waals surface area (Å²) < 4.78 is 5.25. The third-order valence-electron chi connectivity index (χ3n) is 3.49. The Balaban J connectivity index is 1.68. The number of hydrogen-bond acceptors (Lipinski definition) is 3. The van der Waals surface area contributed by atoms with Gasteiger partial charge in [-0.3, -0.25) is 9.80 Å². The van der Waals surface area contributed by atoms with Gasteiger partial charge in [-0.1, -0.05) is 6.92 Å². The second-order valence-corrected chi connectivity index (χ2v) is 4.55. The third-order valence-corrected chi connectivity index (χ3v) is 3.49. The van der Waals surface area contributed by atoms with E-state index < -0.39 is 0 Å². The van der Waals surface area contributed by atoms with Crippen molar-refractivity contribution in [1.29, 1.82) is 0 Å². The molecule has 2 aliphatic heterocycles. The Morgan fingerprint density at radius 2 is 1.93 bits per heavy atom. The molecule has 0 amide bonds. The van der Waals surface area contributed by atoms with Gasteiger partial charge < -0.3 is 4.74 Å². The van der Waals surface area contributed by atoms with Gasteiger partial charge in [0.15, 0.2) is 0 Å². The van der Waals surface area contributed by atoms with Crippen molar-refractivity contribution in [2.75, 3.05) is 39.3 Å². The molecule has 0 saturated carbocycles. The highest BCUT2D eigenvalue weighted by Crippen LogP contribution is 2.14. The van der Waals surface area contributed by atoms with Crippen LogP contribution < -0.4 is 0 Å². The van der Waals surface area contributed by atoms with Crippen molar-refractivity contribution in [3.63, 3.8) is 0 Å². The molecule has 2 atom stereocenters. The standard InChI is InChI=1S/C11H22N2O/c1-3-10(2)13-6-4-12(5-7-13)8-11-9-14-11/h10-11H,3-9H2,1-2H3. The minimum atomic E-state index is 0.560. The van der Waals surface area contributed by atoms with Crippen LogP contribution >= 0.6 is 0 Å². The average Bonchev–Trinajstić information content (AvgIpc) is 3.02. The summed E-state index contributed by atoms with van der Waals surface area (Å²) >= 11 is 0. The smallest absolute Gasteiger partial charge is 0.0936 e. The first-order valence-corrected chi connectivity index (χ1v) is 5.87. The Labute approximate surface area is 87.0 Å². The summed E-state index contributed by atoms with van der Waals surface area (Å²) in [5, 5.41) is 0. The van der Waals surface area contributed by atoms with Crippen LogP contribution in [0.2, 0.25) is 0 Å². The highest BCUT2D eigenvalue weighted by molar-refractivity contribution is 4.80. The molecule has 2 heterocycles. The van der Waals surface area contributed by atoms with Crippen LogP contribution in [-0.2, 0) is 4.74 Å². The van der Waals surface area contributed by atoms with E-state index >= 15 is 0 Å². The van der Waals surface area contributed by atoms with Crippen molar-refractivity contribution >= 4 is 0 Å². The fraction of sp³-hybridized carbons (Fsp3) is 1.00. The molecule has 0 N–H and O–H groups in total. The van der Waals surface area contributed by atoms with Crippen molar-refractivity contribution < 1.29 is 4.74 Å². The van der Waals surface area contributed by atoms with Gasteiger partial charge in [0.05, 0.1) is 12.7 Å². The molecule has 14 heavy (non-hydrogen) atoms. The van der Waals surface area contributed by atoms with E-state index in [1.807, 2.05) is 0 Å². The highest BCUT2D eigenvalue weighted by Gasteiger charge is 2.27. The maximum Gasteiger partial charge on any atom is 0.0936 e. The maximum absolute atomic E-state index is 5.25. The van der Waals surface area contributed by atoms with Crippen LogP contribution in [0, 0.1) is 0 Å². The molecule has 0 aromatic carbocycles. The normalized spacial score (nSPS) is 31.7. The first-order valence-electron chi connectivity index (χ1n) is 5.87. The van der Waals surface area contributed by atoms with E-state index in [9.17, 15) is 0 Å². The average molecular weight is 198 g/mol. The molecular formula is C11H22N2O. The number of hydrogen-bond donors (Lipinski definition) is 0. The second kappa shape index (κ2) is 4.60. The summed E-state index contributed by atoms with van der Waals surface area (Å²) in [5.74, 6) is 0. The van der Waals surface area contributed by atoms with Gasteiger partial charge in [0, 0.05) is 38.8 Å². The van der Waals surface area contributed by atoms with Crippen molar-refractivity contribution in [2.24, 2.45) is 0 Å². The third kappa shape index (κ3) is 2.69. The minimum absolute atomic E-state index is 0.560. The van der Waals surface area contributed by atoms with Gasteiger partial charge in [0.2, 0.25) is 0 Å². The van der Waals surface area contributed by atoms with Crippen molar-refractivity contribution in [1.82, 2.24) is 9.80 Å². The summed E-state index contributed by atoms with van der Waals surface area (Å²) in [4.78, 5) is 5.14. The molecule has 0 aromatic rings. The lowest BCUT2D eigenvalue weighted by atomic mass is 10.2. The van der Waals surface area contributed by atoms with Gasteiger partial charge in [0.25, 0.3) is 0 Å². The predicted octanol–water partition coefficient (Wildman–Crippen LogP) is 0.801. The first-order chi connectivity index (χ1) is 6.79. The van der Waals surface area contributed by atoms with Crippen LogP contribution in [0.4, 0.5) is 0 Å². The Kier molecular flexibility index (Phi) is 3.42. The van der Waals surface area contributed by atoms with E-state index in [-0.39, 0.29) is 0 Å². The molecule has 82 valence electrons. The van der Waals surface area contributed by atoms with Crippen LogP contribution in [0.15, 0.2) is 0 Å². The van der Waals surface area contributed by atoms with Gasteiger partial charge >= 0.3 is 0 Å². The summed E-state index contributed by atoms with van der Waals surface area (Å²) in [5.41, 5.74) is 0. The minimum Gasteiger partial charge on any atom is -0.372 e. The van der Waals surface area contributed by atoms with Crippen molar-refractivity contribution in [3.8, 4) is 0 Å². The predicted molar refractivity (Wildman–Crippen MR) is 57.5 cm³/mol. The quantitative estimate of drug-likeness (QED) is 0.623. The van der Waals surface area contributed by atoms with Crippen LogP contribution in [-0.4, -0.2) is 61.3 Å². The molecule has 3 heteroatoms. The Morgan fingerprint density at radius 1 is 1.29 bits per heavy atom. The summed E-state index contributed by atoms with van der Waals surface area (Å²) in [6.07, 6.45) is 1.83. The molecule has 2 fully saturated rings. The number of rotatable bonds is 4. The first kappa shape index (κ1) is 10.4. The zero-order chi connectivity index (χ0) is 9.97. The summed E-state index contributed by atoms with van der Waals surface area (Å²) in [6, 6.07) is 0.759. The van der Waals surface area contributed by atoms with Gasteiger partial charge in [-0.15, -0.1) is 0 Å². The van der Waals surface area contributed by atoms with E-state index in [0.29, 0.717) is 6.10 Å². The molecule has 3 nitrogen and oxygen atoms in total. The number of nitrogens with zero attached hydrogens (tertiary/aromatic N) is 2. The zero-order valence-electron chi connectivity index (χ0n) is 9.41. The molecular weight excluding hydrogens is 176 g/mol. The Hall–Kier alpha value is -0.120. The van der Waals surface area contributed by atoms with Crippen LogP contribution in [0.3, 0.4) is 0 Å². The molecule has 0 spiro atoms. The van der Waals surface area contributed by atoms with Gasteiger partial charge in [-0.25, -0.2) is 0 Å². The molecule has 2 unspecified atom stereocenters. The lowest BCUT2D eigenvalue weighted by molar-refractivity contribution is 0.0957. The van der Waals surface area contributed by atoms with Crippen LogP contribution in [0.1, 0.15) is 20.3 Å². The summed E-state index contributed by atoms with van der Waals surface area (Å²) in [6.45, 7) is 11.7. The Bertz CT molecular complexity index is 174. The molecule has 2 aliphatic rings. The molecule has 0 aliphatic carbocycles. The Morgan fingerprint density at radius 3 is 2.43 bits per heavy atom.